The molecule has 0 aliphatic heterocycles. The molecule has 0 saturated carbocycles. The Morgan fingerprint density at radius 2 is 1.00 bits per heavy atom. The maximum absolute atomic E-state index is 6.80. The fourth-order valence-corrected chi connectivity index (χ4v) is 9.66. The predicted octanol–water partition coefficient (Wildman–Crippen LogP) is 10.7. The van der Waals surface area contributed by atoms with Gasteiger partial charge in [-0.15, -0.1) is 10.0 Å². The quantitative estimate of drug-likeness (QED) is 0.211. The van der Waals surface area contributed by atoms with Crippen molar-refractivity contribution in [1.29, 1.82) is 0 Å². The van der Waals surface area contributed by atoms with Crippen LogP contribution < -0.4 is 4.90 Å². The van der Waals surface area contributed by atoms with Gasteiger partial charge in [-0.3, -0.25) is 0 Å². The van der Waals surface area contributed by atoms with Gasteiger partial charge >= 0.3 is 0 Å². The van der Waals surface area contributed by atoms with Crippen molar-refractivity contribution in [2.45, 2.75) is 19.6 Å². The highest BCUT2D eigenvalue weighted by Crippen LogP contribution is 2.74. The number of anilines is 2. The number of rotatable bonds is 6. The van der Waals surface area contributed by atoms with Gasteiger partial charge in [-0.2, -0.15) is 0 Å². The van der Waals surface area contributed by atoms with Crippen molar-refractivity contribution in [1.82, 2.24) is 0 Å². The molecule has 7 aromatic rings. The molecule has 194 valence electrons. The summed E-state index contributed by atoms with van der Waals surface area (Å²) in [6.07, 6.45) is 0. The zero-order valence-corrected chi connectivity index (χ0v) is 23.1. The maximum Gasteiger partial charge on any atom is 0.148 e. The van der Waals surface area contributed by atoms with Crippen LogP contribution in [0.2, 0.25) is 0 Å². The van der Waals surface area contributed by atoms with Crippen LogP contribution in [-0.4, -0.2) is 7.05 Å². The summed E-state index contributed by atoms with van der Waals surface area (Å²) < 4.78 is 6.80. The van der Waals surface area contributed by atoms with Crippen LogP contribution in [0, 0.1) is 0 Å². The van der Waals surface area contributed by atoms with E-state index in [2.05, 4.69) is 164 Å². The molecule has 6 aromatic carbocycles. The van der Waals surface area contributed by atoms with Gasteiger partial charge in [0.1, 0.15) is 11.2 Å². The smallest absolute Gasteiger partial charge is 0.148 e. The van der Waals surface area contributed by atoms with E-state index in [1.165, 1.54) is 19.6 Å². The molecule has 0 N–H and O–H groups in total. The Bertz CT molecular complexity index is 1800. The minimum Gasteiger partial charge on any atom is -0.455 e. The van der Waals surface area contributed by atoms with Crippen molar-refractivity contribution in [3.63, 3.8) is 0 Å². The van der Waals surface area contributed by atoms with Gasteiger partial charge in [0.15, 0.2) is 0 Å². The molecule has 0 spiro atoms. The van der Waals surface area contributed by atoms with Crippen LogP contribution >= 0.6 is 10.0 Å². The van der Waals surface area contributed by atoms with E-state index < -0.39 is 10.0 Å². The molecule has 0 amide bonds. The van der Waals surface area contributed by atoms with Gasteiger partial charge in [0.2, 0.25) is 0 Å². The predicted molar refractivity (Wildman–Crippen MR) is 168 cm³/mol. The Hall–Kier alpha value is -4.73. The summed E-state index contributed by atoms with van der Waals surface area (Å²) in [4.78, 5) is 7.28. The topological polar surface area (TPSA) is 16.4 Å². The summed E-state index contributed by atoms with van der Waals surface area (Å²) in [6.45, 7) is 0. The molecular weight excluding hydrogens is 506 g/mol. The number of fused-ring (bicyclic) bond motifs is 3. The van der Waals surface area contributed by atoms with E-state index in [9.17, 15) is 0 Å². The van der Waals surface area contributed by atoms with E-state index in [0.29, 0.717) is 0 Å². The van der Waals surface area contributed by atoms with Crippen molar-refractivity contribution in [2.75, 3.05) is 11.9 Å². The van der Waals surface area contributed by atoms with Crippen LogP contribution in [-0.2, 0) is 0 Å². The minimum absolute atomic E-state index is 0.898. The first-order chi connectivity index (χ1) is 19.8. The molecule has 0 saturated heterocycles. The highest BCUT2D eigenvalue weighted by molar-refractivity contribution is 8.34. The van der Waals surface area contributed by atoms with Crippen LogP contribution in [0.15, 0.2) is 182 Å². The Morgan fingerprint density at radius 3 is 1.55 bits per heavy atom. The van der Waals surface area contributed by atoms with Crippen LogP contribution in [0.1, 0.15) is 0 Å². The van der Waals surface area contributed by atoms with Gasteiger partial charge < -0.3 is 9.32 Å². The molecule has 0 aliphatic rings. The first-order valence-electron chi connectivity index (χ1n) is 13.5. The molecule has 0 radical (unpaired) electrons. The molecule has 40 heavy (non-hydrogen) atoms. The Balaban J connectivity index is 1.53. The molecule has 1 heterocycles. The van der Waals surface area contributed by atoms with Gasteiger partial charge in [0.25, 0.3) is 0 Å². The highest BCUT2D eigenvalue weighted by Gasteiger charge is 2.35. The molecule has 0 unspecified atom stereocenters. The molecule has 0 bridgehead atoms. The normalized spacial score (nSPS) is 12.0. The number of furan rings is 1. The lowest BCUT2D eigenvalue weighted by Crippen LogP contribution is -2.08. The molecule has 0 aliphatic carbocycles. The second-order valence-electron chi connectivity index (χ2n) is 9.86. The van der Waals surface area contributed by atoms with Crippen molar-refractivity contribution in [2.24, 2.45) is 0 Å². The molecule has 2 nitrogen and oxygen atoms in total. The summed E-state index contributed by atoms with van der Waals surface area (Å²) in [5, 5.41) is 2.26. The summed E-state index contributed by atoms with van der Waals surface area (Å²) >= 11 is 0. The van der Waals surface area contributed by atoms with Crippen LogP contribution in [0.25, 0.3) is 21.9 Å². The van der Waals surface area contributed by atoms with Crippen LogP contribution in [0.5, 0.6) is 0 Å². The number of benzene rings is 6. The van der Waals surface area contributed by atoms with E-state index >= 15 is 0 Å². The van der Waals surface area contributed by atoms with E-state index in [4.69, 9.17) is 4.42 Å². The van der Waals surface area contributed by atoms with E-state index in [1.807, 2.05) is 6.07 Å². The average Bonchev–Trinajstić information content (AvgIpc) is 3.42. The van der Waals surface area contributed by atoms with E-state index in [-0.39, 0.29) is 0 Å². The fourth-order valence-electron chi connectivity index (χ4n) is 5.67. The molecule has 0 fully saturated rings. The van der Waals surface area contributed by atoms with Crippen molar-refractivity contribution < 1.29 is 4.42 Å². The first-order valence-corrected chi connectivity index (χ1v) is 15.1. The van der Waals surface area contributed by atoms with Gasteiger partial charge in [0, 0.05) is 48.8 Å². The SMILES string of the molecule is CN(c1ccccc1)c1ccc2oc3c(S(c4ccccc4)(c4ccccc4)c4ccccc4)cccc3c2c1. The Kier molecular flexibility index (Phi) is 6.14. The number of nitrogens with zero attached hydrogens (tertiary/aromatic N) is 1. The summed E-state index contributed by atoms with van der Waals surface area (Å²) in [7, 11) is 0.252. The zero-order chi connectivity index (χ0) is 26.9. The Morgan fingerprint density at radius 1 is 0.475 bits per heavy atom. The summed E-state index contributed by atoms with van der Waals surface area (Å²) in [5.41, 5.74) is 4.12. The molecule has 1 aromatic heterocycles. The minimum atomic E-state index is -1.86. The fraction of sp³-hybridized carbons (Fsp3) is 0.0270. The van der Waals surface area contributed by atoms with Gasteiger partial charge in [-0.25, -0.2) is 0 Å². The monoisotopic (exact) mass is 535 g/mol. The maximum atomic E-state index is 6.80. The van der Waals surface area contributed by atoms with E-state index in [1.54, 1.807) is 0 Å². The number of hydrogen-bond acceptors (Lipinski definition) is 2. The van der Waals surface area contributed by atoms with Gasteiger partial charge in [-0.05, 0) is 72.8 Å². The standard InChI is InChI=1S/C37H29NOS/c1-38(28-15-6-2-7-16-28)29-25-26-35-34(27-29)33-23-14-24-36(37(33)39-35)40(30-17-8-3-9-18-30,31-19-10-4-11-20-31)32-21-12-5-13-22-32/h2-27H,1H3. The Labute approximate surface area is 236 Å². The average molecular weight is 536 g/mol. The van der Waals surface area contributed by atoms with Crippen molar-refractivity contribution in [3.8, 4) is 0 Å². The van der Waals surface area contributed by atoms with Crippen molar-refractivity contribution >= 4 is 43.3 Å². The lowest BCUT2D eigenvalue weighted by Gasteiger charge is -2.41. The lowest BCUT2D eigenvalue weighted by atomic mass is 10.1. The third kappa shape index (κ3) is 3.90. The number of para-hydroxylation sites is 2. The molecule has 3 heteroatoms. The molecular formula is C37H29NOS. The van der Waals surface area contributed by atoms with Gasteiger partial charge in [-0.1, -0.05) is 84.9 Å². The van der Waals surface area contributed by atoms with Crippen LogP contribution in [0.3, 0.4) is 0 Å². The highest BCUT2D eigenvalue weighted by atomic mass is 32.3. The summed E-state index contributed by atoms with van der Waals surface area (Å²) in [5.74, 6) is 0. The zero-order valence-electron chi connectivity index (χ0n) is 22.3. The second kappa shape index (κ2) is 10.1. The number of hydrogen-bond donors (Lipinski definition) is 0. The largest absolute Gasteiger partial charge is 0.455 e. The van der Waals surface area contributed by atoms with Gasteiger partial charge in [0.05, 0.1) is 0 Å². The third-order valence-corrected chi connectivity index (χ3v) is 11.5. The molecule has 7 rings (SSSR count). The summed E-state index contributed by atoms with van der Waals surface area (Å²) in [6, 6.07) is 56.4. The molecule has 0 atom stereocenters. The van der Waals surface area contributed by atoms with Crippen molar-refractivity contribution in [3.05, 3.63) is 158 Å². The van der Waals surface area contributed by atoms with Crippen LogP contribution in [0.4, 0.5) is 11.4 Å². The second-order valence-corrected chi connectivity index (χ2v) is 12.9. The lowest BCUT2D eigenvalue weighted by molar-refractivity contribution is 0.659. The third-order valence-electron chi connectivity index (χ3n) is 7.60. The van der Waals surface area contributed by atoms with E-state index in [0.717, 1.165) is 33.3 Å². The first kappa shape index (κ1) is 24.3.